The summed E-state index contributed by atoms with van der Waals surface area (Å²) < 4.78 is 25.3. The highest BCUT2D eigenvalue weighted by Gasteiger charge is 2.28. The van der Waals surface area contributed by atoms with Gasteiger partial charge in [0.15, 0.2) is 6.04 Å². The molecule has 0 aromatic heterocycles. The zero-order chi connectivity index (χ0) is 22.3. The van der Waals surface area contributed by atoms with E-state index in [1.54, 1.807) is 0 Å². The molecule has 3 unspecified atom stereocenters. The molecule has 0 aromatic rings. The van der Waals surface area contributed by atoms with Crippen LogP contribution >= 0.6 is 7.82 Å². The second-order valence-electron chi connectivity index (χ2n) is 6.49. The first-order valence-electron chi connectivity index (χ1n) is 9.52. The molecule has 0 aliphatic carbocycles. The molecule has 11 nitrogen and oxygen atoms in total. The Kier molecular flexibility index (Phi) is 14.5. The number of hydrogen-bond donors (Lipinski definition) is 4. The summed E-state index contributed by atoms with van der Waals surface area (Å²) >= 11 is 0. The van der Waals surface area contributed by atoms with Crippen molar-refractivity contribution in [1.29, 1.82) is 0 Å². The summed E-state index contributed by atoms with van der Waals surface area (Å²) in [4.78, 5) is 43.2. The number of phosphoric acid groups is 1. The standard InChI is InChI=1S/C17H32NO10P/c1-3-4-5-6-7-8-9-16(21)18-15(17(22)23)12-28-29(24,25)27-11-14(20)10-26-13(2)19/h14-15,20H,3-12H2,1-2H3,(H,18,21)(H,22,23)(H,24,25). The van der Waals surface area contributed by atoms with Gasteiger partial charge in [-0.1, -0.05) is 39.0 Å². The van der Waals surface area contributed by atoms with Gasteiger partial charge < -0.3 is 25.2 Å². The Morgan fingerprint density at radius 1 is 1.00 bits per heavy atom. The highest BCUT2D eigenvalue weighted by Crippen LogP contribution is 2.43. The predicted octanol–water partition coefficient (Wildman–Crippen LogP) is 1.36. The number of hydrogen-bond acceptors (Lipinski definition) is 8. The molecule has 0 fully saturated rings. The first kappa shape index (κ1) is 27.5. The van der Waals surface area contributed by atoms with Crippen LogP contribution in [0.25, 0.3) is 0 Å². The average Bonchev–Trinajstić information content (AvgIpc) is 2.64. The van der Waals surface area contributed by atoms with E-state index in [1.165, 1.54) is 0 Å². The van der Waals surface area contributed by atoms with Crippen molar-refractivity contribution in [2.24, 2.45) is 0 Å². The van der Waals surface area contributed by atoms with Crippen LogP contribution in [0, 0.1) is 0 Å². The molecule has 0 heterocycles. The van der Waals surface area contributed by atoms with Crippen molar-refractivity contribution in [2.75, 3.05) is 19.8 Å². The molecule has 0 aliphatic rings. The highest BCUT2D eigenvalue weighted by atomic mass is 31.2. The van der Waals surface area contributed by atoms with Crippen LogP contribution in [-0.4, -0.2) is 64.9 Å². The second-order valence-corrected chi connectivity index (χ2v) is 7.95. The van der Waals surface area contributed by atoms with Crippen LogP contribution in [0.2, 0.25) is 0 Å². The van der Waals surface area contributed by atoms with E-state index in [-0.39, 0.29) is 6.42 Å². The normalized spacial score (nSPS) is 15.2. The topological polar surface area (TPSA) is 169 Å². The van der Waals surface area contributed by atoms with Crippen molar-refractivity contribution in [3.8, 4) is 0 Å². The maximum Gasteiger partial charge on any atom is 0.472 e. The van der Waals surface area contributed by atoms with Gasteiger partial charge in [-0.05, 0) is 6.42 Å². The lowest BCUT2D eigenvalue weighted by atomic mass is 10.1. The SMILES string of the molecule is CCCCCCCCC(=O)NC(COP(=O)(O)OCC(O)COC(C)=O)C(=O)O. The third-order valence-electron chi connectivity index (χ3n) is 3.70. The summed E-state index contributed by atoms with van der Waals surface area (Å²) in [5.74, 6) is -2.58. The van der Waals surface area contributed by atoms with Crippen molar-refractivity contribution in [2.45, 2.75) is 70.9 Å². The molecular formula is C17H32NO10P. The average molecular weight is 441 g/mol. The molecule has 0 saturated heterocycles. The Hall–Kier alpha value is -1.52. The van der Waals surface area contributed by atoms with Gasteiger partial charge in [0, 0.05) is 13.3 Å². The van der Waals surface area contributed by atoms with Gasteiger partial charge in [0.05, 0.1) is 13.2 Å². The lowest BCUT2D eigenvalue weighted by molar-refractivity contribution is -0.144. The summed E-state index contributed by atoms with van der Waals surface area (Å²) in [6.45, 7) is 1.31. The molecule has 0 aromatic carbocycles. The molecule has 0 aliphatic heterocycles. The molecule has 4 N–H and O–H groups in total. The first-order chi connectivity index (χ1) is 13.6. The number of phosphoric ester groups is 1. The monoisotopic (exact) mass is 441 g/mol. The van der Waals surface area contributed by atoms with Crippen LogP contribution in [0.15, 0.2) is 0 Å². The molecule has 3 atom stereocenters. The van der Waals surface area contributed by atoms with E-state index < -0.39 is 57.6 Å². The number of aliphatic hydroxyl groups is 1. The Bertz CT molecular complexity index is 556. The number of ether oxygens (including phenoxy) is 1. The first-order valence-corrected chi connectivity index (χ1v) is 11.0. The number of rotatable bonds is 17. The van der Waals surface area contributed by atoms with Crippen LogP contribution in [-0.2, 0) is 32.7 Å². The maximum absolute atomic E-state index is 11.8. The van der Waals surface area contributed by atoms with Crippen molar-refractivity contribution < 1.29 is 47.8 Å². The number of carbonyl (C=O) groups excluding carboxylic acids is 2. The number of amides is 1. The number of aliphatic carboxylic acids is 1. The van der Waals surface area contributed by atoms with Crippen LogP contribution in [0.4, 0.5) is 0 Å². The van der Waals surface area contributed by atoms with Gasteiger partial charge in [0.1, 0.15) is 12.7 Å². The van der Waals surface area contributed by atoms with Gasteiger partial charge in [0.2, 0.25) is 5.91 Å². The number of carboxylic acids is 1. The van der Waals surface area contributed by atoms with Gasteiger partial charge in [-0.3, -0.25) is 18.6 Å². The molecule has 12 heteroatoms. The lowest BCUT2D eigenvalue weighted by Crippen LogP contribution is -2.43. The van der Waals surface area contributed by atoms with Gasteiger partial charge in [-0.25, -0.2) is 9.36 Å². The van der Waals surface area contributed by atoms with E-state index in [2.05, 4.69) is 26.0 Å². The number of aliphatic hydroxyl groups excluding tert-OH is 1. The third kappa shape index (κ3) is 16.0. The van der Waals surface area contributed by atoms with E-state index >= 15 is 0 Å². The van der Waals surface area contributed by atoms with Gasteiger partial charge in [0.25, 0.3) is 0 Å². The molecule has 0 radical (unpaired) electrons. The summed E-state index contributed by atoms with van der Waals surface area (Å²) in [5, 5.41) is 20.8. The zero-order valence-corrected chi connectivity index (χ0v) is 17.8. The maximum atomic E-state index is 11.8. The van der Waals surface area contributed by atoms with Crippen molar-refractivity contribution in [3.63, 3.8) is 0 Å². The van der Waals surface area contributed by atoms with E-state index in [0.29, 0.717) is 6.42 Å². The molecule has 1 amide bonds. The minimum absolute atomic E-state index is 0.144. The van der Waals surface area contributed by atoms with Crippen LogP contribution in [0.3, 0.4) is 0 Å². The number of carbonyl (C=O) groups is 3. The summed E-state index contributed by atoms with van der Waals surface area (Å²) in [7, 11) is -4.68. The Morgan fingerprint density at radius 3 is 2.17 bits per heavy atom. The van der Waals surface area contributed by atoms with Crippen LogP contribution in [0.1, 0.15) is 58.8 Å². The fraction of sp³-hybridized carbons (Fsp3) is 0.824. The summed E-state index contributed by atoms with van der Waals surface area (Å²) in [5.41, 5.74) is 0. The Morgan fingerprint density at radius 2 is 1.59 bits per heavy atom. The largest absolute Gasteiger partial charge is 0.480 e. The summed E-state index contributed by atoms with van der Waals surface area (Å²) in [6.07, 6.45) is 4.59. The van der Waals surface area contributed by atoms with Gasteiger partial charge in [-0.2, -0.15) is 0 Å². The van der Waals surface area contributed by atoms with E-state index in [9.17, 15) is 28.9 Å². The predicted molar refractivity (Wildman–Crippen MR) is 102 cm³/mol. The number of carboxylic acid groups (broad SMARTS) is 1. The van der Waals surface area contributed by atoms with E-state index in [0.717, 1.165) is 39.0 Å². The molecule has 0 bridgehead atoms. The van der Waals surface area contributed by atoms with Crippen molar-refractivity contribution in [3.05, 3.63) is 0 Å². The molecule has 0 saturated carbocycles. The van der Waals surface area contributed by atoms with Crippen molar-refractivity contribution in [1.82, 2.24) is 5.32 Å². The second kappa shape index (κ2) is 15.3. The molecular weight excluding hydrogens is 409 g/mol. The fourth-order valence-electron chi connectivity index (χ4n) is 2.15. The molecule has 170 valence electrons. The molecule has 0 rings (SSSR count). The Balaban J connectivity index is 4.26. The molecule has 0 spiro atoms. The molecule has 29 heavy (non-hydrogen) atoms. The number of unbranched alkanes of at least 4 members (excludes halogenated alkanes) is 5. The Labute approximate surface area is 170 Å². The smallest absolute Gasteiger partial charge is 0.472 e. The van der Waals surface area contributed by atoms with Crippen LogP contribution in [0.5, 0.6) is 0 Å². The number of esters is 1. The minimum atomic E-state index is -4.68. The van der Waals surface area contributed by atoms with E-state index in [1.807, 2.05) is 0 Å². The van der Waals surface area contributed by atoms with Crippen molar-refractivity contribution >= 4 is 25.7 Å². The lowest BCUT2D eigenvalue weighted by Gasteiger charge is -2.18. The number of nitrogens with one attached hydrogen (secondary N) is 1. The van der Waals surface area contributed by atoms with E-state index in [4.69, 9.17) is 5.11 Å². The fourth-order valence-corrected chi connectivity index (χ4v) is 2.93. The third-order valence-corrected chi connectivity index (χ3v) is 4.65. The van der Waals surface area contributed by atoms with Gasteiger partial charge in [-0.15, -0.1) is 0 Å². The van der Waals surface area contributed by atoms with Crippen LogP contribution < -0.4 is 5.32 Å². The highest BCUT2D eigenvalue weighted by molar-refractivity contribution is 7.47. The quantitative estimate of drug-likeness (QED) is 0.147. The minimum Gasteiger partial charge on any atom is -0.480 e. The summed E-state index contributed by atoms with van der Waals surface area (Å²) in [6, 6.07) is -1.53. The van der Waals surface area contributed by atoms with Gasteiger partial charge >= 0.3 is 19.8 Å². The zero-order valence-electron chi connectivity index (χ0n) is 16.9.